The topological polar surface area (TPSA) is 93.3 Å². The molecule has 0 saturated carbocycles. The molecule has 0 amide bonds. The van der Waals surface area contributed by atoms with Crippen LogP contribution in [-0.2, 0) is 11.2 Å². The monoisotopic (exact) mass is 284 g/mol. The molecule has 0 saturated heterocycles. The Balaban J connectivity index is 1.97. The minimum atomic E-state index is -0.771. The first-order valence-electron chi connectivity index (χ1n) is 6.14. The van der Waals surface area contributed by atoms with Gasteiger partial charge in [-0.3, -0.25) is 15.5 Å². The number of benzene rings is 2. The second-order valence-electron chi connectivity index (χ2n) is 4.28. The van der Waals surface area contributed by atoms with Crippen LogP contribution >= 0.6 is 0 Å². The van der Waals surface area contributed by atoms with Gasteiger partial charge in [-0.15, -0.1) is 0 Å². The number of rotatable bonds is 5. The zero-order valence-corrected chi connectivity index (χ0v) is 11.0. The molecule has 1 N–H and O–H groups in total. The maximum absolute atomic E-state index is 11.8. The van der Waals surface area contributed by atoms with Crippen molar-refractivity contribution in [3.05, 3.63) is 70.3 Å². The quantitative estimate of drug-likeness (QED) is 0.300. The van der Waals surface area contributed by atoms with Gasteiger partial charge in [0.25, 0.3) is 5.69 Å². The molecule has 2 rings (SSSR count). The molecule has 0 unspecified atom stereocenters. The van der Waals surface area contributed by atoms with Gasteiger partial charge in [-0.05, 0) is 17.7 Å². The van der Waals surface area contributed by atoms with E-state index in [1.165, 1.54) is 24.3 Å². The Bertz CT molecular complexity index is 666. The van der Waals surface area contributed by atoms with Crippen LogP contribution in [0, 0.1) is 15.5 Å². The Labute approximate surface area is 120 Å². The Morgan fingerprint density at radius 3 is 2.29 bits per heavy atom. The van der Waals surface area contributed by atoms with Crippen LogP contribution in [0.4, 0.5) is 5.69 Å². The molecule has 0 aromatic heterocycles. The van der Waals surface area contributed by atoms with E-state index in [1.54, 1.807) is 0 Å². The molecule has 0 atom stereocenters. The molecule has 0 aliphatic carbocycles. The summed E-state index contributed by atoms with van der Waals surface area (Å²) in [6.45, 7) is 0. The number of esters is 1. The Morgan fingerprint density at radius 2 is 1.71 bits per heavy atom. The lowest BCUT2D eigenvalue weighted by Gasteiger charge is -2.05. The second kappa shape index (κ2) is 6.42. The highest BCUT2D eigenvalue weighted by Gasteiger charge is 2.13. The lowest BCUT2D eigenvalue weighted by molar-refractivity contribution is -0.384. The van der Waals surface area contributed by atoms with Crippen LogP contribution < -0.4 is 4.74 Å². The van der Waals surface area contributed by atoms with Gasteiger partial charge in [-0.2, -0.15) is 0 Å². The van der Waals surface area contributed by atoms with Crippen molar-refractivity contribution in [3.8, 4) is 5.75 Å². The maximum Gasteiger partial charge on any atom is 0.357 e. The molecule has 2 aromatic rings. The SMILES string of the molecule is N=C(Cc1ccccc1)C(=O)Oc1ccc([N+](=O)[O-])cc1. The molecule has 0 radical (unpaired) electrons. The van der Waals surface area contributed by atoms with E-state index < -0.39 is 10.9 Å². The standard InChI is InChI=1S/C15H12N2O4/c16-14(10-11-4-2-1-3-5-11)15(18)21-13-8-6-12(7-9-13)17(19)20/h1-9,16H,10H2. The first-order chi connectivity index (χ1) is 10.1. The van der Waals surface area contributed by atoms with Crippen molar-refractivity contribution in [2.24, 2.45) is 0 Å². The van der Waals surface area contributed by atoms with Crippen molar-refractivity contribution in [1.29, 1.82) is 5.41 Å². The predicted octanol–water partition coefficient (Wildman–Crippen LogP) is 2.76. The van der Waals surface area contributed by atoms with Crippen LogP contribution in [-0.4, -0.2) is 16.6 Å². The van der Waals surface area contributed by atoms with Crippen molar-refractivity contribution in [1.82, 2.24) is 0 Å². The molecule has 106 valence electrons. The van der Waals surface area contributed by atoms with Crippen LogP contribution in [0.5, 0.6) is 5.75 Å². The third-order valence-electron chi connectivity index (χ3n) is 2.73. The maximum atomic E-state index is 11.8. The molecule has 0 fully saturated rings. The van der Waals surface area contributed by atoms with Gasteiger partial charge >= 0.3 is 5.97 Å². The molecule has 2 aromatic carbocycles. The van der Waals surface area contributed by atoms with Crippen molar-refractivity contribution < 1.29 is 14.5 Å². The van der Waals surface area contributed by atoms with E-state index in [4.69, 9.17) is 10.1 Å². The lowest BCUT2D eigenvalue weighted by atomic mass is 10.1. The van der Waals surface area contributed by atoms with E-state index >= 15 is 0 Å². The molecule has 0 aliphatic heterocycles. The third kappa shape index (κ3) is 3.97. The highest BCUT2D eigenvalue weighted by molar-refractivity contribution is 6.36. The summed E-state index contributed by atoms with van der Waals surface area (Å²) in [5.41, 5.74) is 0.567. The van der Waals surface area contributed by atoms with Crippen LogP contribution in [0.2, 0.25) is 0 Å². The highest BCUT2D eigenvalue weighted by Crippen LogP contribution is 2.17. The largest absolute Gasteiger partial charge is 0.422 e. The van der Waals surface area contributed by atoms with Crippen molar-refractivity contribution >= 4 is 17.4 Å². The summed E-state index contributed by atoms with van der Waals surface area (Å²) in [6, 6.07) is 14.3. The van der Waals surface area contributed by atoms with Gasteiger partial charge in [0.05, 0.1) is 4.92 Å². The van der Waals surface area contributed by atoms with E-state index in [2.05, 4.69) is 0 Å². The summed E-state index contributed by atoms with van der Waals surface area (Å²) >= 11 is 0. The average molecular weight is 284 g/mol. The van der Waals surface area contributed by atoms with Gasteiger partial charge in [-0.25, -0.2) is 4.79 Å². The lowest BCUT2D eigenvalue weighted by Crippen LogP contribution is -2.21. The molecule has 0 bridgehead atoms. The Hall–Kier alpha value is -3.02. The minimum Gasteiger partial charge on any atom is -0.422 e. The molecule has 0 spiro atoms. The number of hydrogen-bond donors (Lipinski definition) is 1. The smallest absolute Gasteiger partial charge is 0.357 e. The molecule has 21 heavy (non-hydrogen) atoms. The molecular weight excluding hydrogens is 272 g/mol. The van der Waals surface area contributed by atoms with Gasteiger partial charge < -0.3 is 4.74 Å². The number of nitrogens with zero attached hydrogens (tertiary/aromatic N) is 1. The van der Waals surface area contributed by atoms with Gasteiger partial charge in [0, 0.05) is 18.6 Å². The van der Waals surface area contributed by atoms with Crippen molar-refractivity contribution in [2.45, 2.75) is 6.42 Å². The molecule has 6 heteroatoms. The van der Waals surface area contributed by atoms with Crippen LogP contribution in [0.1, 0.15) is 5.56 Å². The second-order valence-corrected chi connectivity index (χ2v) is 4.28. The number of nitrogens with one attached hydrogen (secondary N) is 1. The van der Waals surface area contributed by atoms with Crippen molar-refractivity contribution in [3.63, 3.8) is 0 Å². The predicted molar refractivity (Wildman–Crippen MR) is 76.6 cm³/mol. The summed E-state index contributed by atoms with van der Waals surface area (Å²) in [5, 5.41) is 18.2. The molecule has 6 nitrogen and oxygen atoms in total. The van der Waals surface area contributed by atoms with Gasteiger partial charge in [0.2, 0.25) is 0 Å². The summed E-state index contributed by atoms with van der Waals surface area (Å²) in [4.78, 5) is 21.7. The van der Waals surface area contributed by atoms with Gasteiger partial charge in [0.1, 0.15) is 11.5 Å². The number of ether oxygens (including phenoxy) is 1. The first-order valence-corrected chi connectivity index (χ1v) is 6.14. The number of carbonyl (C=O) groups is 1. The normalized spacial score (nSPS) is 9.90. The number of non-ortho nitro benzene ring substituents is 1. The van der Waals surface area contributed by atoms with E-state index in [0.717, 1.165) is 5.56 Å². The van der Waals surface area contributed by atoms with Crippen LogP contribution in [0.15, 0.2) is 54.6 Å². The highest BCUT2D eigenvalue weighted by atomic mass is 16.6. The molecule has 0 heterocycles. The summed E-state index contributed by atoms with van der Waals surface area (Å²) in [6.07, 6.45) is 0.173. The van der Waals surface area contributed by atoms with E-state index in [0.29, 0.717) is 0 Å². The van der Waals surface area contributed by atoms with E-state index in [-0.39, 0.29) is 23.6 Å². The fourth-order valence-corrected chi connectivity index (χ4v) is 1.68. The van der Waals surface area contributed by atoms with E-state index in [1.807, 2.05) is 30.3 Å². The Morgan fingerprint density at radius 1 is 1.10 bits per heavy atom. The first kappa shape index (κ1) is 14.4. The summed E-state index contributed by atoms with van der Waals surface area (Å²) in [5.74, 6) is -0.601. The summed E-state index contributed by atoms with van der Waals surface area (Å²) in [7, 11) is 0. The van der Waals surface area contributed by atoms with E-state index in [9.17, 15) is 14.9 Å². The fourth-order valence-electron chi connectivity index (χ4n) is 1.68. The third-order valence-corrected chi connectivity index (χ3v) is 2.73. The zero-order chi connectivity index (χ0) is 15.2. The van der Waals surface area contributed by atoms with Gasteiger partial charge in [-0.1, -0.05) is 30.3 Å². The zero-order valence-electron chi connectivity index (χ0n) is 11.0. The number of nitro groups is 1. The molecule has 0 aliphatic rings. The number of nitro benzene ring substituents is 1. The van der Waals surface area contributed by atoms with Crippen molar-refractivity contribution in [2.75, 3.05) is 0 Å². The number of hydrogen-bond acceptors (Lipinski definition) is 5. The number of carbonyl (C=O) groups excluding carboxylic acids is 1. The molecular formula is C15H12N2O4. The van der Waals surface area contributed by atoms with Crippen LogP contribution in [0.3, 0.4) is 0 Å². The van der Waals surface area contributed by atoms with Crippen LogP contribution in [0.25, 0.3) is 0 Å². The summed E-state index contributed by atoms with van der Waals surface area (Å²) < 4.78 is 5.00. The fraction of sp³-hybridized carbons (Fsp3) is 0.0667. The minimum absolute atomic E-state index is 0.0887. The Kier molecular flexibility index (Phi) is 4.40. The average Bonchev–Trinajstić information content (AvgIpc) is 2.48. The van der Waals surface area contributed by atoms with Gasteiger partial charge in [0.15, 0.2) is 0 Å².